The molecule has 1 unspecified atom stereocenters. The standard InChI is InChI=1S/C15H23N3OS.2ClH/c1-2-13-18-11(10-20-13)3-6-17-14(19)12-9-15(12)4-7-16-8-5-15;;/h10,12,16H,2-9H2,1H3,(H,17,19);2*1H. The van der Waals surface area contributed by atoms with Gasteiger partial charge in [-0.3, -0.25) is 4.79 Å². The number of nitrogens with one attached hydrogen (secondary N) is 2. The molecule has 2 aliphatic rings. The Morgan fingerprint density at radius 2 is 2.18 bits per heavy atom. The van der Waals surface area contributed by atoms with Crippen LogP contribution in [0.2, 0.25) is 0 Å². The lowest BCUT2D eigenvalue weighted by Gasteiger charge is -2.23. The van der Waals surface area contributed by atoms with Crippen LogP contribution in [-0.4, -0.2) is 30.5 Å². The second-order valence-corrected chi connectivity index (χ2v) is 6.94. The molecule has 0 bridgehead atoms. The second kappa shape index (κ2) is 8.48. The molecule has 2 N–H and O–H groups in total. The van der Waals surface area contributed by atoms with E-state index in [1.165, 1.54) is 5.01 Å². The minimum absolute atomic E-state index is 0. The molecule has 126 valence electrons. The van der Waals surface area contributed by atoms with Crippen molar-refractivity contribution in [2.45, 2.75) is 39.0 Å². The van der Waals surface area contributed by atoms with Gasteiger partial charge >= 0.3 is 0 Å². The van der Waals surface area contributed by atoms with Crippen molar-refractivity contribution in [2.24, 2.45) is 11.3 Å². The van der Waals surface area contributed by atoms with Crippen molar-refractivity contribution in [2.75, 3.05) is 19.6 Å². The Kier molecular flexibility index (Phi) is 7.59. The second-order valence-electron chi connectivity index (χ2n) is 6.00. The number of halogens is 2. The van der Waals surface area contributed by atoms with Crippen LogP contribution in [0.4, 0.5) is 0 Å². The Balaban J connectivity index is 0.00000121. The minimum atomic E-state index is 0. The molecule has 2 heterocycles. The predicted molar refractivity (Wildman–Crippen MR) is 95.3 cm³/mol. The third kappa shape index (κ3) is 4.34. The lowest BCUT2D eigenvalue weighted by molar-refractivity contribution is -0.123. The SMILES string of the molecule is CCc1nc(CCNC(=O)C2CC23CCNCC3)cs1.Cl.Cl. The molecular formula is C15H25Cl2N3OS. The molecule has 7 heteroatoms. The number of aryl methyl sites for hydroxylation is 1. The van der Waals surface area contributed by atoms with Gasteiger partial charge in [-0.25, -0.2) is 4.98 Å². The highest BCUT2D eigenvalue weighted by Gasteiger charge is 2.57. The van der Waals surface area contributed by atoms with Gasteiger partial charge in [-0.05, 0) is 44.2 Å². The smallest absolute Gasteiger partial charge is 0.223 e. The Morgan fingerprint density at radius 1 is 1.45 bits per heavy atom. The molecule has 1 spiro atoms. The van der Waals surface area contributed by atoms with Crippen molar-refractivity contribution in [3.63, 3.8) is 0 Å². The number of hydrogen-bond acceptors (Lipinski definition) is 4. The van der Waals surface area contributed by atoms with Crippen LogP contribution < -0.4 is 10.6 Å². The third-order valence-electron chi connectivity index (χ3n) is 4.69. The fourth-order valence-corrected chi connectivity index (χ4v) is 4.04. The molecule has 1 saturated carbocycles. The number of rotatable bonds is 5. The Bertz CT molecular complexity index is 489. The fraction of sp³-hybridized carbons (Fsp3) is 0.733. The van der Waals surface area contributed by atoms with Crippen LogP contribution >= 0.6 is 36.2 Å². The van der Waals surface area contributed by atoms with Crippen LogP contribution in [0, 0.1) is 11.3 Å². The van der Waals surface area contributed by atoms with Gasteiger partial charge in [-0.15, -0.1) is 36.2 Å². The largest absolute Gasteiger partial charge is 0.355 e. The van der Waals surface area contributed by atoms with E-state index in [1.54, 1.807) is 11.3 Å². The maximum absolute atomic E-state index is 12.2. The molecule has 22 heavy (non-hydrogen) atoms. The van der Waals surface area contributed by atoms with Gasteiger partial charge in [-0.1, -0.05) is 6.92 Å². The van der Waals surface area contributed by atoms with Crippen molar-refractivity contribution < 1.29 is 4.79 Å². The highest BCUT2D eigenvalue weighted by atomic mass is 35.5. The Hall–Kier alpha value is -0.360. The van der Waals surface area contributed by atoms with E-state index in [-0.39, 0.29) is 36.6 Å². The van der Waals surface area contributed by atoms with E-state index in [4.69, 9.17) is 0 Å². The van der Waals surface area contributed by atoms with Crippen molar-refractivity contribution in [3.8, 4) is 0 Å². The van der Waals surface area contributed by atoms with Crippen LogP contribution in [0.15, 0.2) is 5.38 Å². The number of aromatic nitrogens is 1. The molecule has 1 aliphatic heterocycles. The first kappa shape index (κ1) is 19.7. The zero-order valence-electron chi connectivity index (χ0n) is 12.9. The molecule has 1 aromatic rings. The summed E-state index contributed by atoms with van der Waals surface area (Å²) in [6, 6.07) is 0. The molecule has 3 rings (SSSR count). The summed E-state index contributed by atoms with van der Waals surface area (Å²) in [7, 11) is 0. The van der Waals surface area contributed by atoms with Gasteiger partial charge in [0.1, 0.15) is 0 Å². The summed E-state index contributed by atoms with van der Waals surface area (Å²) in [6.45, 7) is 4.98. The molecule has 0 radical (unpaired) electrons. The van der Waals surface area contributed by atoms with E-state index < -0.39 is 0 Å². The molecule has 1 atom stereocenters. The summed E-state index contributed by atoms with van der Waals surface area (Å²) in [5, 5.41) is 9.76. The molecule has 4 nitrogen and oxygen atoms in total. The summed E-state index contributed by atoms with van der Waals surface area (Å²) in [5.41, 5.74) is 1.45. The van der Waals surface area contributed by atoms with Gasteiger partial charge in [0.25, 0.3) is 0 Å². The van der Waals surface area contributed by atoms with E-state index in [0.717, 1.165) is 57.4 Å². The first-order chi connectivity index (χ1) is 9.73. The number of piperidine rings is 1. The summed E-state index contributed by atoms with van der Waals surface area (Å²) < 4.78 is 0. The number of carbonyl (C=O) groups is 1. The zero-order valence-corrected chi connectivity index (χ0v) is 15.3. The van der Waals surface area contributed by atoms with Gasteiger partial charge in [0.05, 0.1) is 10.7 Å². The molecule has 1 amide bonds. The normalized spacial score (nSPS) is 21.6. The summed E-state index contributed by atoms with van der Waals surface area (Å²) in [5.74, 6) is 0.532. The summed E-state index contributed by atoms with van der Waals surface area (Å²) in [6.07, 6.45) is 5.27. The van der Waals surface area contributed by atoms with Gasteiger partial charge < -0.3 is 10.6 Å². The Labute approximate surface area is 148 Å². The van der Waals surface area contributed by atoms with Crippen molar-refractivity contribution in [1.82, 2.24) is 15.6 Å². The first-order valence-corrected chi connectivity index (χ1v) is 8.53. The fourth-order valence-electron chi connectivity index (χ4n) is 3.26. The van der Waals surface area contributed by atoms with Crippen molar-refractivity contribution >= 4 is 42.1 Å². The van der Waals surface area contributed by atoms with Gasteiger partial charge in [-0.2, -0.15) is 0 Å². The van der Waals surface area contributed by atoms with Gasteiger partial charge in [0, 0.05) is 24.3 Å². The van der Waals surface area contributed by atoms with E-state index in [2.05, 4.69) is 27.9 Å². The highest BCUT2D eigenvalue weighted by molar-refractivity contribution is 7.09. The van der Waals surface area contributed by atoms with Crippen LogP contribution in [-0.2, 0) is 17.6 Å². The number of hydrogen-bond donors (Lipinski definition) is 2. The third-order valence-corrected chi connectivity index (χ3v) is 5.73. The van der Waals surface area contributed by atoms with E-state index >= 15 is 0 Å². The number of thiazole rings is 1. The monoisotopic (exact) mass is 365 g/mol. The maximum atomic E-state index is 12.2. The van der Waals surface area contributed by atoms with Gasteiger partial charge in [0.15, 0.2) is 0 Å². The summed E-state index contributed by atoms with van der Waals surface area (Å²) >= 11 is 1.71. The van der Waals surface area contributed by atoms with Crippen LogP contribution in [0.1, 0.15) is 36.9 Å². The molecule has 2 fully saturated rings. The number of nitrogens with zero attached hydrogens (tertiary/aromatic N) is 1. The van der Waals surface area contributed by atoms with Crippen LogP contribution in [0.5, 0.6) is 0 Å². The van der Waals surface area contributed by atoms with Crippen molar-refractivity contribution in [3.05, 3.63) is 16.1 Å². The van der Waals surface area contributed by atoms with E-state index in [1.807, 2.05) is 0 Å². The topological polar surface area (TPSA) is 54.0 Å². The summed E-state index contributed by atoms with van der Waals surface area (Å²) in [4.78, 5) is 16.7. The lowest BCUT2D eigenvalue weighted by Crippen LogP contribution is -2.34. The molecule has 1 aliphatic carbocycles. The van der Waals surface area contributed by atoms with Crippen molar-refractivity contribution in [1.29, 1.82) is 0 Å². The average Bonchev–Trinajstić information content (AvgIpc) is 2.97. The average molecular weight is 366 g/mol. The molecular weight excluding hydrogens is 341 g/mol. The highest BCUT2D eigenvalue weighted by Crippen LogP contribution is 2.58. The molecule has 1 saturated heterocycles. The maximum Gasteiger partial charge on any atom is 0.223 e. The Morgan fingerprint density at radius 3 is 2.82 bits per heavy atom. The quantitative estimate of drug-likeness (QED) is 0.842. The van der Waals surface area contributed by atoms with Crippen LogP contribution in [0.3, 0.4) is 0 Å². The van der Waals surface area contributed by atoms with Gasteiger partial charge in [0.2, 0.25) is 5.91 Å². The first-order valence-electron chi connectivity index (χ1n) is 7.65. The minimum Gasteiger partial charge on any atom is -0.355 e. The van der Waals surface area contributed by atoms with E-state index in [9.17, 15) is 4.79 Å². The molecule has 1 aromatic heterocycles. The molecule has 0 aromatic carbocycles. The zero-order chi connectivity index (χ0) is 14.0. The lowest BCUT2D eigenvalue weighted by atomic mass is 9.92. The predicted octanol–water partition coefficient (Wildman–Crippen LogP) is 2.60. The van der Waals surface area contributed by atoms with E-state index in [0.29, 0.717) is 5.41 Å². The van der Waals surface area contributed by atoms with Crippen LogP contribution in [0.25, 0.3) is 0 Å². The number of carbonyl (C=O) groups excluding carboxylic acids is 1. The number of amides is 1.